The Bertz CT molecular complexity index is 360. The second-order valence-corrected chi connectivity index (χ2v) is 4.38. The third-order valence-corrected chi connectivity index (χ3v) is 3.04. The molecule has 0 radical (unpaired) electrons. The van der Waals surface area contributed by atoms with Gasteiger partial charge in [-0.2, -0.15) is 5.10 Å². The number of carbonyl (C=O) groups excluding carboxylic acids is 1. The van der Waals surface area contributed by atoms with E-state index in [1.54, 1.807) is 6.20 Å². The van der Waals surface area contributed by atoms with Gasteiger partial charge in [-0.1, -0.05) is 0 Å². The maximum atomic E-state index is 12.1. The maximum absolute atomic E-state index is 12.1. The Balaban J connectivity index is 1.70. The molecule has 1 N–H and O–H groups in total. The fourth-order valence-corrected chi connectivity index (χ4v) is 1.97. The predicted molar refractivity (Wildman–Crippen MR) is 67.1 cm³/mol. The number of ether oxygens (including phenoxy) is 1. The summed E-state index contributed by atoms with van der Waals surface area (Å²) in [5.74, 6) is 0.152. The predicted octanol–water partition coefficient (Wildman–Crippen LogP) is -0.280. The second kappa shape index (κ2) is 6.51. The average Bonchev–Trinajstić information content (AvgIpc) is 2.92. The molecule has 0 spiro atoms. The first-order valence-corrected chi connectivity index (χ1v) is 6.35. The van der Waals surface area contributed by atoms with Gasteiger partial charge in [0, 0.05) is 32.0 Å². The van der Waals surface area contributed by atoms with Crippen molar-refractivity contribution in [2.45, 2.75) is 19.5 Å². The second-order valence-electron chi connectivity index (χ2n) is 4.38. The highest BCUT2D eigenvalue weighted by molar-refractivity contribution is 5.81. The van der Waals surface area contributed by atoms with Crippen molar-refractivity contribution in [3.05, 3.63) is 18.5 Å². The van der Waals surface area contributed by atoms with E-state index >= 15 is 0 Å². The molecule has 0 bridgehead atoms. The van der Waals surface area contributed by atoms with E-state index in [2.05, 4.69) is 10.4 Å². The Morgan fingerprint density at radius 3 is 2.94 bits per heavy atom. The van der Waals surface area contributed by atoms with Gasteiger partial charge in [-0.15, -0.1) is 0 Å². The first kappa shape index (κ1) is 13.0. The molecule has 1 aromatic rings. The van der Waals surface area contributed by atoms with Gasteiger partial charge >= 0.3 is 0 Å². The minimum Gasteiger partial charge on any atom is -0.378 e. The fraction of sp³-hybridized carbons (Fsp3) is 0.667. The number of morpholine rings is 1. The number of amides is 1. The Labute approximate surface area is 107 Å². The molecule has 0 saturated carbocycles. The van der Waals surface area contributed by atoms with Crippen molar-refractivity contribution in [1.29, 1.82) is 0 Å². The largest absolute Gasteiger partial charge is 0.378 e. The Morgan fingerprint density at radius 2 is 2.28 bits per heavy atom. The van der Waals surface area contributed by atoms with Gasteiger partial charge in [0.05, 0.1) is 25.8 Å². The number of carbonyl (C=O) groups is 1. The molecule has 1 fully saturated rings. The third kappa shape index (κ3) is 3.54. The molecule has 18 heavy (non-hydrogen) atoms. The van der Waals surface area contributed by atoms with Crippen LogP contribution in [0.15, 0.2) is 18.5 Å². The smallest absolute Gasteiger partial charge is 0.239 e. The van der Waals surface area contributed by atoms with Crippen molar-refractivity contribution in [1.82, 2.24) is 20.0 Å². The van der Waals surface area contributed by atoms with Crippen LogP contribution in [0.5, 0.6) is 0 Å². The summed E-state index contributed by atoms with van der Waals surface area (Å²) in [6, 6.07) is 1.74. The number of rotatable bonds is 5. The quantitative estimate of drug-likeness (QED) is 0.783. The summed E-state index contributed by atoms with van der Waals surface area (Å²) >= 11 is 0. The standard InChI is InChI=1S/C12H20N4O2/c1-11(12(17)15-7-9-18-10-8-15)13-4-6-16-5-2-3-14-16/h2-3,5,11,13H,4,6-10H2,1H3/t11-/m0/s1. The lowest BCUT2D eigenvalue weighted by Gasteiger charge is -2.29. The molecule has 1 saturated heterocycles. The SMILES string of the molecule is C[C@H](NCCn1cccn1)C(=O)N1CCOCC1. The highest BCUT2D eigenvalue weighted by Gasteiger charge is 2.21. The summed E-state index contributed by atoms with van der Waals surface area (Å²) < 4.78 is 7.08. The number of aromatic nitrogens is 2. The van der Waals surface area contributed by atoms with Crippen molar-refractivity contribution < 1.29 is 9.53 Å². The molecule has 2 heterocycles. The highest BCUT2D eigenvalue weighted by atomic mass is 16.5. The van der Waals surface area contributed by atoms with Crippen molar-refractivity contribution in [2.75, 3.05) is 32.8 Å². The zero-order chi connectivity index (χ0) is 12.8. The van der Waals surface area contributed by atoms with Crippen molar-refractivity contribution >= 4 is 5.91 Å². The molecule has 6 heteroatoms. The number of nitrogens with one attached hydrogen (secondary N) is 1. The van der Waals surface area contributed by atoms with Crippen LogP contribution in [0.4, 0.5) is 0 Å². The number of hydrogen-bond donors (Lipinski definition) is 1. The van der Waals surface area contributed by atoms with Crippen LogP contribution in [0.1, 0.15) is 6.92 Å². The number of hydrogen-bond acceptors (Lipinski definition) is 4. The lowest BCUT2D eigenvalue weighted by molar-refractivity contribution is -0.137. The van der Waals surface area contributed by atoms with E-state index in [-0.39, 0.29) is 11.9 Å². The van der Waals surface area contributed by atoms with Crippen LogP contribution >= 0.6 is 0 Å². The Morgan fingerprint density at radius 1 is 1.50 bits per heavy atom. The minimum atomic E-state index is -0.154. The van der Waals surface area contributed by atoms with Crippen LogP contribution in [-0.4, -0.2) is 59.5 Å². The first-order valence-electron chi connectivity index (χ1n) is 6.35. The Hall–Kier alpha value is -1.40. The highest BCUT2D eigenvalue weighted by Crippen LogP contribution is 2.00. The zero-order valence-electron chi connectivity index (χ0n) is 10.7. The summed E-state index contributed by atoms with van der Waals surface area (Å²) in [5.41, 5.74) is 0. The summed E-state index contributed by atoms with van der Waals surface area (Å²) in [6.07, 6.45) is 3.67. The molecular weight excluding hydrogens is 232 g/mol. The van der Waals surface area contributed by atoms with E-state index in [9.17, 15) is 4.79 Å². The molecule has 1 aliphatic heterocycles. The molecular formula is C12H20N4O2. The molecule has 100 valence electrons. The van der Waals surface area contributed by atoms with Gasteiger partial charge in [0.25, 0.3) is 0 Å². The number of nitrogens with zero attached hydrogens (tertiary/aromatic N) is 3. The van der Waals surface area contributed by atoms with Crippen LogP contribution in [0.2, 0.25) is 0 Å². The lowest BCUT2D eigenvalue weighted by Crippen LogP contribution is -2.49. The van der Waals surface area contributed by atoms with Crippen LogP contribution in [0.3, 0.4) is 0 Å². The molecule has 1 amide bonds. The van der Waals surface area contributed by atoms with Crippen LogP contribution in [0, 0.1) is 0 Å². The van der Waals surface area contributed by atoms with E-state index in [0.29, 0.717) is 26.3 Å². The van der Waals surface area contributed by atoms with E-state index < -0.39 is 0 Å². The molecule has 1 atom stereocenters. The summed E-state index contributed by atoms with van der Waals surface area (Å²) in [5, 5.41) is 7.34. The normalized spacial score (nSPS) is 17.7. The zero-order valence-corrected chi connectivity index (χ0v) is 10.7. The van der Waals surface area contributed by atoms with Gasteiger partial charge in [-0.05, 0) is 13.0 Å². The Kier molecular flexibility index (Phi) is 4.72. The molecule has 0 aliphatic carbocycles. The topological polar surface area (TPSA) is 59.4 Å². The van der Waals surface area contributed by atoms with Crippen LogP contribution in [-0.2, 0) is 16.1 Å². The van der Waals surface area contributed by atoms with Gasteiger partial charge in [0.2, 0.25) is 5.91 Å². The molecule has 6 nitrogen and oxygen atoms in total. The third-order valence-electron chi connectivity index (χ3n) is 3.04. The average molecular weight is 252 g/mol. The summed E-state index contributed by atoms with van der Waals surface area (Å²) in [4.78, 5) is 13.9. The van der Waals surface area contributed by atoms with E-state index in [1.807, 2.05) is 28.8 Å². The summed E-state index contributed by atoms with van der Waals surface area (Å²) in [6.45, 7) is 6.10. The minimum absolute atomic E-state index is 0.152. The molecule has 2 rings (SSSR count). The van der Waals surface area contributed by atoms with Crippen molar-refractivity contribution in [3.63, 3.8) is 0 Å². The maximum Gasteiger partial charge on any atom is 0.239 e. The lowest BCUT2D eigenvalue weighted by atomic mass is 10.2. The fourth-order valence-electron chi connectivity index (χ4n) is 1.97. The van der Waals surface area contributed by atoms with E-state index in [1.165, 1.54) is 0 Å². The first-order chi connectivity index (χ1) is 8.77. The monoisotopic (exact) mass is 252 g/mol. The molecule has 1 aliphatic rings. The van der Waals surface area contributed by atoms with E-state index in [4.69, 9.17) is 4.74 Å². The van der Waals surface area contributed by atoms with E-state index in [0.717, 1.165) is 13.1 Å². The van der Waals surface area contributed by atoms with Gasteiger partial charge in [-0.3, -0.25) is 9.48 Å². The van der Waals surface area contributed by atoms with Gasteiger partial charge in [0.1, 0.15) is 0 Å². The van der Waals surface area contributed by atoms with Crippen molar-refractivity contribution in [3.8, 4) is 0 Å². The molecule has 0 unspecified atom stereocenters. The molecule has 1 aromatic heterocycles. The van der Waals surface area contributed by atoms with Crippen LogP contribution < -0.4 is 5.32 Å². The van der Waals surface area contributed by atoms with Gasteiger partial charge < -0.3 is 15.0 Å². The molecule has 0 aromatic carbocycles. The van der Waals surface area contributed by atoms with Gasteiger partial charge in [0.15, 0.2) is 0 Å². The van der Waals surface area contributed by atoms with Crippen molar-refractivity contribution in [2.24, 2.45) is 0 Å². The van der Waals surface area contributed by atoms with Crippen LogP contribution in [0.25, 0.3) is 0 Å². The summed E-state index contributed by atoms with van der Waals surface area (Å²) in [7, 11) is 0. The van der Waals surface area contributed by atoms with Gasteiger partial charge in [-0.25, -0.2) is 0 Å².